The first kappa shape index (κ1) is 24.5. The molecule has 11 heteroatoms. The molecule has 0 aliphatic carbocycles. The summed E-state index contributed by atoms with van der Waals surface area (Å²) in [5.41, 5.74) is 1.41. The van der Waals surface area contributed by atoms with Crippen LogP contribution in [0, 0.1) is 11.6 Å². The van der Waals surface area contributed by atoms with Crippen LogP contribution >= 0.6 is 0 Å². The lowest BCUT2D eigenvalue weighted by Gasteiger charge is -2.41. The fraction of sp³-hybridized carbons (Fsp3) is 0.346. The standard InChI is InChI=1S/C26H27F2N7O2/c1-16-13-33(25(36)37-26(2,3)4)7-8-34(16)23-22-20(21-12-29-5-6-30-21)14-35(24(22)32-15-31-23)19-10-17(27)9-18(28)11-19/h5-6,9-12,14-16H,7-8,13H2,1-4H3/t16-/m0/s1. The zero-order chi connectivity index (χ0) is 26.3. The van der Waals surface area contributed by atoms with E-state index in [4.69, 9.17) is 4.74 Å². The second-order valence-corrected chi connectivity index (χ2v) is 10.00. The van der Waals surface area contributed by atoms with E-state index in [1.165, 1.54) is 18.5 Å². The number of aromatic nitrogens is 5. The molecule has 37 heavy (non-hydrogen) atoms. The molecule has 0 unspecified atom stereocenters. The van der Waals surface area contributed by atoms with Gasteiger partial charge in [0.25, 0.3) is 0 Å². The van der Waals surface area contributed by atoms with Crippen LogP contribution in [0.1, 0.15) is 27.7 Å². The minimum absolute atomic E-state index is 0.0935. The number of halogens is 2. The van der Waals surface area contributed by atoms with Gasteiger partial charge in [0.05, 0.1) is 23.0 Å². The van der Waals surface area contributed by atoms with Crippen molar-refractivity contribution < 1.29 is 18.3 Å². The zero-order valence-corrected chi connectivity index (χ0v) is 21.0. The van der Waals surface area contributed by atoms with E-state index in [0.29, 0.717) is 47.7 Å². The molecule has 0 spiro atoms. The van der Waals surface area contributed by atoms with Gasteiger partial charge in [-0.15, -0.1) is 0 Å². The Bertz CT molecular complexity index is 1430. The van der Waals surface area contributed by atoms with Crippen LogP contribution in [0.2, 0.25) is 0 Å². The number of piperazine rings is 1. The molecular weight excluding hydrogens is 480 g/mol. The average molecular weight is 508 g/mol. The van der Waals surface area contributed by atoms with Crippen molar-refractivity contribution in [3.05, 3.63) is 60.9 Å². The first-order chi connectivity index (χ1) is 17.6. The van der Waals surface area contributed by atoms with Crippen molar-refractivity contribution in [1.29, 1.82) is 0 Å². The predicted octanol–water partition coefficient (Wildman–Crippen LogP) is 4.60. The molecule has 0 bridgehead atoms. The molecule has 3 aromatic heterocycles. The monoisotopic (exact) mass is 507 g/mol. The van der Waals surface area contributed by atoms with Crippen molar-refractivity contribution in [2.24, 2.45) is 0 Å². The second kappa shape index (κ2) is 9.38. The SMILES string of the molecule is C[C@H]1CN(C(=O)OC(C)(C)C)CCN1c1ncnc2c1c(-c1cnccn1)cn2-c1cc(F)cc(F)c1. The Balaban J connectivity index is 1.59. The Kier molecular flexibility index (Phi) is 6.22. The van der Waals surface area contributed by atoms with Crippen molar-refractivity contribution in [3.63, 3.8) is 0 Å². The number of ether oxygens (including phenoxy) is 1. The highest BCUT2D eigenvalue weighted by atomic mass is 19.1. The summed E-state index contributed by atoms with van der Waals surface area (Å²) in [6.45, 7) is 8.91. The maximum Gasteiger partial charge on any atom is 0.410 e. The average Bonchev–Trinajstić information content (AvgIpc) is 3.23. The summed E-state index contributed by atoms with van der Waals surface area (Å²) < 4.78 is 35.4. The summed E-state index contributed by atoms with van der Waals surface area (Å²) in [4.78, 5) is 34.2. The highest BCUT2D eigenvalue weighted by molar-refractivity contribution is 6.01. The Morgan fingerprint density at radius 1 is 1.05 bits per heavy atom. The zero-order valence-electron chi connectivity index (χ0n) is 21.0. The van der Waals surface area contributed by atoms with Crippen LogP contribution in [0.5, 0.6) is 0 Å². The molecule has 4 heterocycles. The van der Waals surface area contributed by atoms with Gasteiger partial charge in [-0.2, -0.15) is 0 Å². The van der Waals surface area contributed by atoms with Gasteiger partial charge in [0, 0.05) is 55.9 Å². The third-order valence-corrected chi connectivity index (χ3v) is 6.08. The topological polar surface area (TPSA) is 89.3 Å². The van der Waals surface area contributed by atoms with Gasteiger partial charge in [-0.25, -0.2) is 23.5 Å². The number of rotatable bonds is 3. The molecular formula is C26H27F2N7O2. The van der Waals surface area contributed by atoms with Crippen LogP contribution in [-0.2, 0) is 4.74 Å². The molecule has 0 radical (unpaired) electrons. The Morgan fingerprint density at radius 3 is 2.46 bits per heavy atom. The summed E-state index contributed by atoms with van der Waals surface area (Å²) in [6, 6.07) is 3.22. The highest BCUT2D eigenvalue weighted by Gasteiger charge is 2.32. The highest BCUT2D eigenvalue weighted by Crippen LogP contribution is 2.37. The third kappa shape index (κ3) is 4.93. The minimum Gasteiger partial charge on any atom is -0.444 e. The van der Waals surface area contributed by atoms with Crippen molar-refractivity contribution in [1.82, 2.24) is 29.4 Å². The van der Waals surface area contributed by atoms with Gasteiger partial charge in [-0.1, -0.05) is 0 Å². The number of benzene rings is 1. The molecule has 5 rings (SSSR count). The van der Waals surface area contributed by atoms with Gasteiger partial charge < -0.3 is 19.1 Å². The molecule has 1 aromatic carbocycles. The minimum atomic E-state index is -0.695. The fourth-order valence-electron chi connectivity index (χ4n) is 4.54. The molecule has 0 N–H and O–H groups in total. The molecule has 1 saturated heterocycles. The number of nitrogens with zero attached hydrogens (tertiary/aromatic N) is 7. The predicted molar refractivity (Wildman–Crippen MR) is 134 cm³/mol. The van der Waals surface area contributed by atoms with E-state index >= 15 is 0 Å². The largest absolute Gasteiger partial charge is 0.444 e. The Labute approximate surface area is 212 Å². The quantitative estimate of drug-likeness (QED) is 0.400. The normalized spacial score (nSPS) is 16.3. The summed E-state index contributed by atoms with van der Waals surface area (Å²) in [5, 5.41) is 0.672. The molecule has 1 fully saturated rings. The third-order valence-electron chi connectivity index (χ3n) is 6.08. The summed E-state index contributed by atoms with van der Waals surface area (Å²) in [7, 11) is 0. The molecule has 0 saturated carbocycles. The van der Waals surface area contributed by atoms with Crippen molar-refractivity contribution in [2.45, 2.75) is 39.3 Å². The number of fused-ring (bicyclic) bond motifs is 1. The number of carbonyl (C=O) groups excluding carboxylic acids is 1. The van der Waals surface area contributed by atoms with Gasteiger partial charge >= 0.3 is 6.09 Å². The number of hydrogen-bond donors (Lipinski definition) is 0. The molecule has 1 atom stereocenters. The van der Waals surface area contributed by atoms with Crippen molar-refractivity contribution >= 4 is 22.9 Å². The first-order valence-electron chi connectivity index (χ1n) is 11.9. The second-order valence-electron chi connectivity index (χ2n) is 10.00. The van der Waals surface area contributed by atoms with Gasteiger partial charge in [-0.05, 0) is 39.8 Å². The number of carbonyl (C=O) groups is 1. The van der Waals surface area contributed by atoms with E-state index in [1.54, 1.807) is 34.3 Å². The van der Waals surface area contributed by atoms with Crippen molar-refractivity contribution in [3.8, 4) is 16.9 Å². The molecule has 192 valence electrons. The van der Waals surface area contributed by atoms with Crippen LogP contribution in [0.15, 0.2) is 49.3 Å². The van der Waals surface area contributed by atoms with E-state index in [9.17, 15) is 13.6 Å². The summed E-state index contributed by atoms with van der Waals surface area (Å²) in [6.07, 6.45) is 7.57. The first-order valence-corrected chi connectivity index (χ1v) is 11.9. The lowest BCUT2D eigenvalue weighted by molar-refractivity contribution is 0.0218. The van der Waals surface area contributed by atoms with Crippen LogP contribution in [0.3, 0.4) is 0 Å². The molecule has 4 aromatic rings. The summed E-state index contributed by atoms with van der Waals surface area (Å²) in [5.74, 6) is -0.754. The van der Waals surface area contributed by atoms with Crippen LogP contribution in [-0.4, -0.2) is 66.8 Å². The lowest BCUT2D eigenvalue weighted by atomic mass is 10.1. The van der Waals surface area contributed by atoms with E-state index in [0.717, 1.165) is 6.07 Å². The lowest BCUT2D eigenvalue weighted by Crippen LogP contribution is -2.54. The van der Waals surface area contributed by atoms with Gasteiger partial charge in [0.2, 0.25) is 0 Å². The van der Waals surface area contributed by atoms with E-state index < -0.39 is 17.2 Å². The van der Waals surface area contributed by atoms with Crippen LogP contribution in [0.25, 0.3) is 28.0 Å². The van der Waals surface area contributed by atoms with Crippen LogP contribution in [0.4, 0.5) is 19.4 Å². The number of anilines is 1. The maximum absolute atomic E-state index is 14.1. The molecule has 1 aliphatic heterocycles. The smallest absolute Gasteiger partial charge is 0.410 e. The Morgan fingerprint density at radius 2 is 1.81 bits per heavy atom. The number of amides is 1. The molecule has 1 aliphatic rings. The van der Waals surface area contributed by atoms with E-state index in [1.807, 2.05) is 27.7 Å². The van der Waals surface area contributed by atoms with Gasteiger partial charge in [0.15, 0.2) is 5.65 Å². The Hall–Kier alpha value is -4.15. The fourth-order valence-corrected chi connectivity index (χ4v) is 4.54. The summed E-state index contributed by atoms with van der Waals surface area (Å²) >= 11 is 0. The van der Waals surface area contributed by atoms with E-state index in [-0.39, 0.29) is 17.8 Å². The van der Waals surface area contributed by atoms with Crippen molar-refractivity contribution in [2.75, 3.05) is 24.5 Å². The van der Waals surface area contributed by atoms with E-state index in [2.05, 4.69) is 24.8 Å². The number of hydrogen-bond acceptors (Lipinski definition) is 7. The van der Waals surface area contributed by atoms with Gasteiger partial charge in [0.1, 0.15) is 29.4 Å². The van der Waals surface area contributed by atoms with Gasteiger partial charge in [-0.3, -0.25) is 9.97 Å². The maximum atomic E-state index is 14.1. The molecule has 1 amide bonds. The van der Waals surface area contributed by atoms with Crippen LogP contribution < -0.4 is 4.90 Å². The molecule has 9 nitrogen and oxygen atoms in total.